The molecule has 0 unspecified atom stereocenters. The van der Waals surface area contributed by atoms with Crippen molar-refractivity contribution in [1.29, 1.82) is 0 Å². The fourth-order valence-electron chi connectivity index (χ4n) is 1.83. The SMILES string of the molecule is Nc1cccc(NC(=O)NCCc2ccc(Cl)cc2Cl)c1. The molecule has 2 aromatic rings. The summed E-state index contributed by atoms with van der Waals surface area (Å²) in [5.41, 5.74) is 7.83. The number of hydrogen-bond donors (Lipinski definition) is 3. The van der Waals surface area contributed by atoms with Crippen molar-refractivity contribution in [3.8, 4) is 0 Å². The summed E-state index contributed by atoms with van der Waals surface area (Å²) in [5, 5.41) is 6.66. The molecule has 0 aromatic heterocycles. The van der Waals surface area contributed by atoms with Gasteiger partial charge in [-0.25, -0.2) is 4.79 Å². The van der Waals surface area contributed by atoms with Gasteiger partial charge in [-0.3, -0.25) is 0 Å². The molecule has 0 radical (unpaired) electrons. The van der Waals surface area contributed by atoms with Crippen LogP contribution in [0.3, 0.4) is 0 Å². The first kappa shape index (κ1) is 15.5. The summed E-state index contributed by atoms with van der Waals surface area (Å²) in [4.78, 5) is 11.7. The maximum atomic E-state index is 11.7. The largest absolute Gasteiger partial charge is 0.399 e. The second-order valence-corrected chi connectivity index (χ2v) is 5.34. The Morgan fingerprint density at radius 2 is 1.95 bits per heavy atom. The van der Waals surface area contributed by atoms with Crippen LogP contribution in [0.2, 0.25) is 10.0 Å². The zero-order valence-corrected chi connectivity index (χ0v) is 12.7. The number of rotatable bonds is 4. The van der Waals surface area contributed by atoms with E-state index in [1.54, 1.807) is 36.4 Å². The Labute approximate surface area is 133 Å². The van der Waals surface area contributed by atoms with Gasteiger partial charge in [0.1, 0.15) is 0 Å². The number of carbonyl (C=O) groups is 1. The highest BCUT2D eigenvalue weighted by molar-refractivity contribution is 6.35. The van der Waals surface area contributed by atoms with Crippen LogP contribution < -0.4 is 16.4 Å². The molecule has 0 aliphatic carbocycles. The monoisotopic (exact) mass is 323 g/mol. The normalized spacial score (nSPS) is 10.2. The van der Waals surface area contributed by atoms with E-state index in [1.807, 2.05) is 6.07 Å². The van der Waals surface area contributed by atoms with Gasteiger partial charge in [0.2, 0.25) is 0 Å². The van der Waals surface area contributed by atoms with Crippen LogP contribution in [0.15, 0.2) is 42.5 Å². The van der Waals surface area contributed by atoms with Crippen molar-refractivity contribution < 1.29 is 4.79 Å². The van der Waals surface area contributed by atoms with Crippen molar-refractivity contribution in [2.75, 3.05) is 17.6 Å². The number of hydrogen-bond acceptors (Lipinski definition) is 2. The number of nitrogens with one attached hydrogen (secondary N) is 2. The van der Waals surface area contributed by atoms with Crippen LogP contribution in [-0.2, 0) is 6.42 Å². The van der Waals surface area contributed by atoms with E-state index in [4.69, 9.17) is 28.9 Å². The first-order valence-electron chi connectivity index (χ1n) is 6.39. The molecule has 2 aromatic carbocycles. The Balaban J connectivity index is 1.81. The summed E-state index contributed by atoms with van der Waals surface area (Å²) in [6.45, 7) is 0.468. The average Bonchev–Trinajstić information content (AvgIpc) is 2.41. The number of benzene rings is 2. The summed E-state index contributed by atoms with van der Waals surface area (Å²) in [6, 6.07) is 12.0. The zero-order valence-electron chi connectivity index (χ0n) is 11.2. The Morgan fingerprint density at radius 1 is 1.14 bits per heavy atom. The van der Waals surface area contributed by atoms with Crippen LogP contribution in [0.5, 0.6) is 0 Å². The molecule has 4 nitrogen and oxygen atoms in total. The van der Waals surface area contributed by atoms with E-state index < -0.39 is 0 Å². The van der Waals surface area contributed by atoms with E-state index in [1.165, 1.54) is 0 Å². The third-order valence-corrected chi connectivity index (χ3v) is 3.43. The molecule has 0 atom stereocenters. The molecule has 0 fully saturated rings. The molecule has 110 valence electrons. The maximum absolute atomic E-state index is 11.7. The second-order valence-electron chi connectivity index (χ2n) is 4.49. The number of amides is 2. The summed E-state index contributed by atoms with van der Waals surface area (Å²) in [7, 11) is 0. The molecule has 0 aliphatic heterocycles. The Morgan fingerprint density at radius 3 is 2.67 bits per heavy atom. The first-order valence-corrected chi connectivity index (χ1v) is 7.14. The Bertz CT molecular complexity index is 647. The highest BCUT2D eigenvalue weighted by Crippen LogP contribution is 2.21. The lowest BCUT2D eigenvalue weighted by Gasteiger charge is -2.09. The molecule has 2 amide bonds. The summed E-state index contributed by atoms with van der Waals surface area (Å²) in [6.07, 6.45) is 0.625. The standard InChI is InChI=1S/C15H15Cl2N3O/c16-11-5-4-10(14(17)8-11)6-7-19-15(21)20-13-3-1-2-12(18)9-13/h1-5,8-9H,6-7,18H2,(H2,19,20,21). The number of carbonyl (C=O) groups excluding carboxylic acids is 1. The maximum Gasteiger partial charge on any atom is 0.319 e. The van der Waals surface area contributed by atoms with Crippen LogP contribution in [0, 0.1) is 0 Å². The fraction of sp³-hybridized carbons (Fsp3) is 0.133. The third-order valence-electron chi connectivity index (χ3n) is 2.84. The minimum atomic E-state index is -0.286. The van der Waals surface area contributed by atoms with Gasteiger partial charge in [0.25, 0.3) is 0 Å². The smallest absolute Gasteiger partial charge is 0.319 e. The molecule has 0 saturated heterocycles. The summed E-state index contributed by atoms with van der Waals surface area (Å²) in [5.74, 6) is 0. The minimum Gasteiger partial charge on any atom is -0.399 e. The van der Waals surface area contributed by atoms with Gasteiger partial charge < -0.3 is 16.4 Å². The second kappa shape index (κ2) is 7.20. The van der Waals surface area contributed by atoms with Gasteiger partial charge in [0.15, 0.2) is 0 Å². The van der Waals surface area contributed by atoms with Crippen molar-refractivity contribution >= 4 is 40.6 Å². The number of anilines is 2. The molecule has 21 heavy (non-hydrogen) atoms. The van der Waals surface area contributed by atoms with Crippen LogP contribution >= 0.6 is 23.2 Å². The van der Waals surface area contributed by atoms with E-state index in [9.17, 15) is 4.79 Å². The van der Waals surface area contributed by atoms with Gasteiger partial charge in [-0.2, -0.15) is 0 Å². The lowest BCUT2D eigenvalue weighted by atomic mass is 10.1. The first-order chi connectivity index (χ1) is 10.0. The number of halogens is 2. The molecule has 0 aliphatic rings. The Hall–Kier alpha value is -1.91. The molecule has 0 saturated carbocycles. The van der Waals surface area contributed by atoms with E-state index >= 15 is 0 Å². The lowest BCUT2D eigenvalue weighted by Crippen LogP contribution is -2.30. The van der Waals surface area contributed by atoms with Crippen molar-refractivity contribution in [2.45, 2.75) is 6.42 Å². The Kier molecular flexibility index (Phi) is 5.31. The minimum absolute atomic E-state index is 0.286. The van der Waals surface area contributed by atoms with Crippen molar-refractivity contribution in [3.63, 3.8) is 0 Å². The lowest BCUT2D eigenvalue weighted by molar-refractivity contribution is 0.252. The van der Waals surface area contributed by atoms with Gasteiger partial charge in [-0.1, -0.05) is 35.3 Å². The third kappa shape index (κ3) is 4.85. The van der Waals surface area contributed by atoms with Gasteiger partial charge in [-0.05, 0) is 42.3 Å². The fourth-order valence-corrected chi connectivity index (χ4v) is 2.33. The van der Waals surface area contributed by atoms with E-state index in [0.29, 0.717) is 34.4 Å². The summed E-state index contributed by atoms with van der Waals surface area (Å²) >= 11 is 11.9. The highest BCUT2D eigenvalue weighted by Gasteiger charge is 2.04. The molecule has 4 N–H and O–H groups in total. The van der Waals surface area contributed by atoms with E-state index in [-0.39, 0.29) is 6.03 Å². The van der Waals surface area contributed by atoms with Gasteiger partial charge in [0.05, 0.1) is 0 Å². The number of nitrogens with two attached hydrogens (primary N) is 1. The molecule has 2 rings (SSSR count). The topological polar surface area (TPSA) is 67.1 Å². The molecule has 6 heteroatoms. The van der Waals surface area contributed by atoms with Gasteiger partial charge in [0, 0.05) is 28.0 Å². The van der Waals surface area contributed by atoms with Gasteiger partial charge in [-0.15, -0.1) is 0 Å². The highest BCUT2D eigenvalue weighted by atomic mass is 35.5. The van der Waals surface area contributed by atoms with E-state index in [2.05, 4.69) is 10.6 Å². The molecule has 0 bridgehead atoms. The zero-order chi connectivity index (χ0) is 15.2. The molecule has 0 spiro atoms. The van der Waals surface area contributed by atoms with Gasteiger partial charge >= 0.3 is 6.03 Å². The molecular weight excluding hydrogens is 309 g/mol. The predicted molar refractivity (Wildman–Crippen MR) is 88.0 cm³/mol. The van der Waals surface area contributed by atoms with Crippen molar-refractivity contribution in [3.05, 3.63) is 58.1 Å². The predicted octanol–water partition coefficient (Wildman–Crippen LogP) is 3.94. The van der Waals surface area contributed by atoms with Crippen LogP contribution in [0.1, 0.15) is 5.56 Å². The quantitative estimate of drug-likeness (QED) is 0.746. The number of nitrogen functional groups attached to an aromatic ring is 1. The van der Waals surface area contributed by atoms with Crippen molar-refractivity contribution in [2.24, 2.45) is 0 Å². The van der Waals surface area contributed by atoms with Crippen LogP contribution in [-0.4, -0.2) is 12.6 Å². The van der Waals surface area contributed by atoms with Crippen LogP contribution in [0.4, 0.5) is 16.2 Å². The number of urea groups is 1. The molecular formula is C15H15Cl2N3O. The summed E-state index contributed by atoms with van der Waals surface area (Å²) < 4.78 is 0. The molecule has 0 heterocycles. The average molecular weight is 324 g/mol. The van der Waals surface area contributed by atoms with E-state index in [0.717, 1.165) is 5.56 Å². The van der Waals surface area contributed by atoms with Crippen molar-refractivity contribution in [1.82, 2.24) is 5.32 Å². The van der Waals surface area contributed by atoms with Crippen LogP contribution in [0.25, 0.3) is 0 Å².